The second-order valence-corrected chi connectivity index (χ2v) is 8.58. The van der Waals surface area contributed by atoms with Crippen molar-refractivity contribution in [1.29, 1.82) is 0 Å². The van der Waals surface area contributed by atoms with Gasteiger partial charge in [0, 0.05) is 17.3 Å². The number of halogens is 1. The van der Waals surface area contributed by atoms with E-state index in [4.69, 9.17) is 11.6 Å². The zero-order valence-electron chi connectivity index (χ0n) is 15.0. The van der Waals surface area contributed by atoms with Gasteiger partial charge in [0.15, 0.2) is 4.34 Å². The van der Waals surface area contributed by atoms with Crippen molar-refractivity contribution in [2.24, 2.45) is 0 Å². The van der Waals surface area contributed by atoms with E-state index >= 15 is 0 Å². The largest absolute Gasteiger partial charge is 0.351 e. The molecule has 0 atom stereocenters. The van der Waals surface area contributed by atoms with Crippen LogP contribution in [0.15, 0.2) is 46.8 Å². The van der Waals surface area contributed by atoms with Gasteiger partial charge in [-0.3, -0.25) is 4.79 Å². The number of hydrogen-bond donors (Lipinski definition) is 2. The summed E-state index contributed by atoms with van der Waals surface area (Å²) in [6, 6.07) is 13.5. The molecule has 0 saturated carbocycles. The third-order valence-electron chi connectivity index (χ3n) is 3.96. The van der Waals surface area contributed by atoms with E-state index in [-0.39, 0.29) is 5.91 Å². The van der Waals surface area contributed by atoms with E-state index in [2.05, 4.69) is 40.7 Å². The molecule has 140 valence electrons. The first kappa shape index (κ1) is 19.7. The second-order valence-electron chi connectivity index (χ2n) is 5.94. The number of rotatable bonds is 7. The average Bonchev–Trinajstić information content (AvgIpc) is 3.10. The van der Waals surface area contributed by atoms with Gasteiger partial charge in [-0.2, -0.15) is 0 Å². The molecular weight excluding hydrogens is 400 g/mol. The number of nitrogens with one attached hydrogen (secondary N) is 2. The Kier molecular flexibility index (Phi) is 6.71. The molecule has 0 fully saturated rings. The quantitative estimate of drug-likeness (QED) is 0.531. The molecule has 8 heteroatoms. The van der Waals surface area contributed by atoms with Gasteiger partial charge in [-0.1, -0.05) is 59.0 Å². The number of amides is 1. The molecule has 2 N–H and O–H groups in total. The standard InChI is InChI=1S/C19H19ClN4OS2/c1-12-5-3-8-16(13(12)2)22-18-23-24-19(27-18)26-11-17(25)21-10-14-6-4-7-15(20)9-14/h3-9H,10-11H2,1-2H3,(H,21,25)(H,22,23). The number of thioether (sulfide) groups is 1. The highest BCUT2D eigenvalue weighted by molar-refractivity contribution is 8.01. The van der Waals surface area contributed by atoms with Gasteiger partial charge in [0.2, 0.25) is 11.0 Å². The predicted octanol–water partition coefficient (Wildman–Crippen LogP) is 4.96. The Balaban J connectivity index is 1.49. The molecular formula is C19H19ClN4OS2. The lowest BCUT2D eigenvalue weighted by atomic mass is 10.1. The number of aromatic nitrogens is 2. The third kappa shape index (κ3) is 5.69. The van der Waals surface area contributed by atoms with E-state index in [0.717, 1.165) is 15.6 Å². The second kappa shape index (κ2) is 9.21. The summed E-state index contributed by atoms with van der Waals surface area (Å²) in [6.45, 7) is 4.60. The predicted molar refractivity (Wildman–Crippen MR) is 113 cm³/mol. The van der Waals surface area contributed by atoms with Crippen molar-refractivity contribution < 1.29 is 4.79 Å². The fourth-order valence-electron chi connectivity index (χ4n) is 2.35. The van der Waals surface area contributed by atoms with Gasteiger partial charge < -0.3 is 10.6 Å². The van der Waals surface area contributed by atoms with Crippen LogP contribution in [-0.2, 0) is 11.3 Å². The summed E-state index contributed by atoms with van der Waals surface area (Å²) in [4.78, 5) is 12.0. The highest BCUT2D eigenvalue weighted by Crippen LogP contribution is 2.29. The van der Waals surface area contributed by atoms with E-state index in [1.54, 1.807) is 0 Å². The van der Waals surface area contributed by atoms with E-state index in [1.807, 2.05) is 36.4 Å². The van der Waals surface area contributed by atoms with Crippen molar-refractivity contribution in [3.05, 3.63) is 64.2 Å². The zero-order chi connectivity index (χ0) is 19.2. The number of carbonyl (C=O) groups excluding carboxylic acids is 1. The molecule has 0 radical (unpaired) electrons. The lowest BCUT2D eigenvalue weighted by Crippen LogP contribution is -2.24. The van der Waals surface area contributed by atoms with Crippen LogP contribution in [0.2, 0.25) is 5.02 Å². The van der Waals surface area contributed by atoms with Crippen molar-refractivity contribution in [2.45, 2.75) is 24.7 Å². The number of nitrogens with zero attached hydrogens (tertiary/aromatic N) is 2. The summed E-state index contributed by atoms with van der Waals surface area (Å²) in [5.74, 6) is 0.234. The van der Waals surface area contributed by atoms with E-state index < -0.39 is 0 Å². The Labute approximate surface area is 171 Å². The van der Waals surface area contributed by atoms with Gasteiger partial charge in [0.1, 0.15) is 0 Å². The Morgan fingerprint density at radius 3 is 2.81 bits per heavy atom. The highest BCUT2D eigenvalue weighted by atomic mass is 35.5. The van der Waals surface area contributed by atoms with Crippen molar-refractivity contribution in [3.8, 4) is 0 Å². The number of benzene rings is 2. The molecule has 0 spiro atoms. The van der Waals surface area contributed by atoms with Crippen LogP contribution in [0.3, 0.4) is 0 Å². The number of hydrogen-bond acceptors (Lipinski definition) is 6. The first-order chi connectivity index (χ1) is 13.0. The zero-order valence-corrected chi connectivity index (χ0v) is 17.3. The van der Waals surface area contributed by atoms with Gasteiger partial charge >= 0.3 is 0 Å². The smallest absolute Gasteiger partial charge is 0.230 e. The Morgan fingerprint density at radius 1 is 1.19 bits per heavy atom. The van der Waals surface area contributed by atoms with Crippen LogP contribution in [0.1, 0.15) is 16.7 Å². The molecule has 3 rings (SSSR count). The topological polar surface area (TPSA) is 66.9 Å². The fourth-order valence-corrected chi connectivity index (χ4v) is 4.15. The Hall–Kier alpha value is -2.09. The van der Waals surface area contributed by atoms with Crippen LogP contribution in [-0.4, -0.2) is 21.9 Å². The van der Waals surface area contributed by atoms with Crippen molar-refractivity contribution in [2.75, 3.05) is 11.1 Å². The van der Waals surface area contributed by atoms with E-state index in [0.29, 0.717) is 22.5 Å². The normalized spacial score (nSPS) is 10.6. The third-order valence-corrected chi connectivity index (χ3v) is 6.17. The number of aryl methyl sites for hydroxylation is 1. The molecule has 2 aromatic carbocycles. The summed E-state index contributed by atoms with van der Waals surface area (Å²) < 4.78 is 0.751. The first-order valence-electron chi connectivity index (χ1n) is 8.32. The van der Waals surface area contributed by atoms with Gasteiger partial charge in [-0.05, 0) is 48.7 Å². The lowest BCUT2D eigenvalue weighted by molar-refractivity contribution is -0.118. The van der Waals surface area contributed by atoms with Crippen LogP contribution < -0.4 is 10.6 Å². The van der Waals surface area contributed by atoms with Gasteiger partial charge in [0.05, 0.1) is 5.75 Å². The highest BCUT2D eigenvalue weighted by Gasteiger charge is 2.10. The molecule has 1 heterocycles. The number of anilines is 2. The van der Waals surface area contributed by atoms with Gasteiger partial charge in [0.25, 0.3) is 0 Å². The summed E-state index contributed by atoms with van der Waals surface area (Å²) >= 11 is 8.75. The molecule has 5 nitrogen and oxygen atoms in total. The summed E-state index contributed by atoms with van der Waals surface area (Å²) in [5.41, 5.74) is 4.39. The SMILES string of the molecule is Cc1cccc(Nc2nnc(SCC(=O)NCc3cccc(Cl)c3)s2)c1C. The van der Waals surface area contributed by atoms with Crippen molar-refractivity contribution in [1.82, 2.24) is 15.5 Å². The maximum Gasteiger partial charge on any atom is 0.230 e. The van der Waals surface area contributed by atoms with Crippen LogP contribution >= 0.6 is 34.7 Å². The minimum atomic E-state index is -0.0563. The minimum Gasteiger partial charge on any atom is -0.351 e. The fraction of sp³-hybridized carbons (Fsp3) is 0.211. The van der Waals surface area contributed by atoms with E-state index in [1.165, 1.54) is 34.2 Å². The Bertz CT molecular complexity index is 945. The maximum absolute atomic E-state index is 12.0. The molecule has 27 heavy (non-hydrogen) atoms. The first-order valence-corrected chi connectivity index (χ1v) is 10.5. The molecule has 0 unspecified atom stereocenters. The van der Waals surface area contributed by atoms with Gasteiger partial charge in [-0.25, -0.2) is 0 Å². The van der Waals surface area contributed by atoms with Crippen LogP contribution in [0.5, 0.6) is 0 Å². The molecule has 0 aliphatic carbocycles. The molecule has 0 bridgehead atoms. The molecule has 0 aliphatic rings. The average molecular weight is 419 g/mol. The van der Waals surface area contributed by atoms with Crippen molar-refractivity contribution >= 4 is 51.4 Å². The van der Waals surface area contributed by atoms with Crippen LogP contribution in [0, 0.1) is 13.8 Å². The summed E-state index contributed by atoms with van der Waals surface area (Å²) in [7, 11) is 0. The molecule has 3 aromatic rings. The van der Waals surface area contributed by atoms with Crippen LogP contribution in [0.4, 0.5) is 10.8 Å². The number of carbonyl (C=O) groups is 1. The summed E-state index contributed by atoms with van der Waals surface area (Å²) in [6.07, 6.45) is 0. The molecule has 1 amide bonds. The molecule has 0 saturated heterocycles. The molecule has 1 aromatic heterocycles. The maximum atomic E-state index is 12.0. The lowest BCUT2D eigenvalue weighted by Gasteiger charge is -2.08. The molecule has 0 aliphatic heterocycles. The van der Waals surface area contributed by atoms with Crippen molar-refractivity contribution in [3.63, 3.8) is 0 Å². The monoisotopic (exact) mass is 418 g/mol. The minimum absolute atomic E-state index is 0.0563. The Morgan fingerprint density at radius 2 is 2.00 bits per heavy atom. The van der Waals surface area contributed by atoms with Gasteiger partial charge in [-0.15, -0.1) is 10.2 Å². The summed E-state index contributed by atoms with van der Waals surface area (Å²) in [5, 5.41) is 15.8. The van der Waals surface area contributed by atoms with E-state index in [9.17, 15) is 4.79 Å². The van der Waals surface area contributed by atoms with Crippen LogP contribution in [0.25, 0.3) is 0 Å².